The summed E-state index contributed by atoms with van der Waals surface area (Å²) in [5.74, 6) is 0.232. The summed E-state index contributed by atoms with van der Waals surface area (Å²) in [6.07, 6.45) is 0. The quantitative estimate of drug-likeness (QED) is 0.902. The molecular formula is C16H19ClN2O. The molecule has 2 aromatic carbocycles. The first-order valence-electron chi connectivity index (χ1n) is 6.51. The fraction of sp³-hybridized carbons (Fsp3) is 0.250. The SMILES string of the molecule is CC(N)c1ccc(N(C)Cc2cccc(Cl)c2)cc1O. The Morgan fingerprint density at radius 2 is 2.00 bits per heavy atom. The van der Waals surface area contributed by atoms with Crippen molar-refractivity contribution in [2.45, 2.75) is 19.5 Å². The molecule has 20 heavy (non-hydrogen) atoms. The fourth-order valence-corrected chi connectivity index (χ4v) is 2.37. The highest BCUT2D eigenvalue weighted by Gasteiger charge is 2.09. The summed E-state index contributed by atoms with van der Waals surface area (Å²) >= 11 is 5.98. The second-order valence-electron chi connectivity index (χ2n) is 5.02. The molecule has 0 spiro atoms. The van der Waals surface area contributed by atoms with Crippen LogP contribution in [0.3, 0.4) is 0 Å². The van der Waals surface area contributed by atoms with E-state index in [1.54, 1.807) is 6.07 Å². The summed E-state index contributed by atoms with van der Waals surface area (Å²) in [5, 5.41) is 10.7. The lowest BCUT2D eigenvalue weighted by Gasteiger charge is -2.21. The monoisotopic (exact) mass is 290 g/mol. The van der Waals surface area contributed by atoms with Crippen LogP contribution in [0.4, 0.5) is 5.69 Å². The van der Waals surface area contributed by atoms with Crippen molar-refractivity contribution in [1.29, 1.82) is 0 Å². The van der Waals surface area contributed by atoms with Gasteiger partial charge in [-0.2, -0.15) is 0 Å². The Hall–Kier alpha value is -1.71. The average molecular weight is 291 g/mol. The Labute approximate surface area is 124 Å². The molecule has 2 aromatic rings. The van der Waals surface area contributed by atoms with E-state index in [9.17, 15) is 5.11 Å². The Kier molecular flexibility index (Phi) is 4.53. The van der Waals surface area contributed by atoms with Crippen LogP contribution >= 0.6 is 11.6 Å². The third-order valence-corrected chi connectivity index (χ3v) is 3.49. The topological polar surface area (TPSA) is 49.5 Å². The molecule has 0 heterocycles. The lowest BCUT2D eigenvalue weighted by molar-refractivity contribution is 0.464. The van der Waals surface area contributed by atoms with Crippen LogP contribution < -0.4 is 10.6 Å². The molecule has 0 amide bonds. The summed E-state index contributed by atoms with van der Waals surface area (Å²) in [6, 6.07) is 13.1. The first-order chi connectivity index (χ1) is 9.47. The second kappa shape index (κ2) is 6.16. The van der Waals surface area contributed by atoms with Crippen LogP contribution in [0.1, 0.15) is 24.1 Å². The minimum Gasteiger partial charge on any atom is -0.508 e. The molecule has 0 fully saturated rings. The molecule has 1 atom stereocenters. The van der Waals surface area contributed by atoms with E-state index in [0.717, 1.165) is 28.4 Å². The largest absolute Gasteiger partial charge is 0.508 e. The van der Waals surface area contributed by atoms with Gasteiger partial charge in [0.1, 0.15) is 5.75 Å². The van der Waals surface area contributed by atoms with Crippen LogP contribution in [-0.2, 0) is 6.54 Å². The molecule has 106 valence electrons. The number of hydrogen-bond acceptors (Lipinski definition) is 3. The molecule has 0 radical (unpaired) electrons. The third kappa shape index (κ3) is 3.44. The van der Waals surface area contributed by atoms with Crippen molar-refractivity contribution in [3.63, 3.8) is 0 Å². The van der Waals surface area contributed by atoms with E-state index < -0.39 is 0 Å². The zero-order valence-corrected chi connectivity index (χ0v) is 12.4. The van der Waals surface area contributed by atoms with Crippen LogP contribution in [0.5, 0.6) is 5.75 Å². The number of halogens is 1. The predicted octanol–water partition coefficient (Wildman–Crippen LogP) is 3.70. The molecule has 0 saturated carbocycles. The van der Waals surface area contributed by atoms with Crippen molar-refractivity contribution in [2.24, 2.45) is 5.73 Å². The molecule has 3 N–H and O–H groups in total. The lowest BCUT2D eigenvalue weighted by atomic mass is 10.1. The first-order valence-corrected chi connectivity index (χ1v) is 6.89. The molecule has 0 bridgehead atoms. The number of hydrogen-bond donors (Lipinski definition) is 2. The molecule has 0 aliphatic heterocycles. The van der Waals surface area contributed by atoms with Crippen molar-refractivity contribution in [2.75, 3.05) is 11.9 Å². The first kappa shape index (κ1) is 14.7. The van der Waals surface area contributed by atoms with E-state index in [2.05, 4.69) is 4.90 Å². The molecule has 0 aliphatic rings. The number of anilines is 1. The third-order valence-electron chi connectivity index (χ3n) is 3.25. The van der Waals surface area contributed by atoms with Gasteiger partial charge in [0.05, 0.1) is 0 Å². The average Bonchev–Trinajstić information content (AvgIpc) is 2.38. The smallest absolute Gasteiger partial charge is 0.122 e. The van der Waals surface area contributed by atoms with Gasteiger partial charge in [-0.05, 0) is 30.7 Å². The minimum atomic E-state index is -0.178. The number of benzene rings is 2. The van der Waals surface area contributed by atoms with E-state index >= 15 is 0 Å². The summed E-state index contributed by atoms with van der Waals surface area (Å²) in [7, 11) is 1.97. The van der Waals surface area contributed by atoms with Crippen molar-refractivity contribution >= 4 is 17.3 Å². The van der Waals surface area contributed by atoms with Gasteiger partial charge in [-0.15, -0.1) is 0 Å². The number of phenolic OH excluding ortho intramolecular Hbond substituents is 1. The summed E-state index contributed by atoms with van der Waals surface area (Å²) in [5.41, 5.74) is 8.61. The number of phenols is 1. The summed E-state index contributed by atoms with van der Waals surface area (Å²) in [6.45, 7) is 2.57. The fourth-order valence-electron chi connectivity index (χ4n) is 2.16. The highest BCUT2D eigenvalue weighted by molar-refractivity contribution is 6.30. The Morgan fingerprint density at radius 1 is 1.25 bits per heavy atom. The molecule has 0 aromatic heterocycles. The zero-order chi connectivity index (χ0) is 14.7. The molecule has 2 rings (SSSR count). The molecule has 1 unspecified atom stereocenters. The normalized spacial score (nSPS) is 12.2. The van der Waals surface area contributed by atoms with Crippen molar-refractivity contribution in [3.05, 3.63) is 58.6 Å². The lowest BCUT2D eigenvalue weighted by Crippen LogP contribution is -2.16. The van der Waals surface area contributed by atoms with Gasteiger partial charge in [0.25, 0.3) is 0 Å². The van der Waals surface area contributed by atoms with Gasteiger partial charge in [0, 0.05) is 42.0 Å². The number of rotatable bonds is 4. The van der Waals surface area contributed by atoms with Crippen molar-refractivity contribution in [1.82, 2.24) is 0 Å². The Morgan fingerprint density at radius 3 is 2.60 bits per heavy atom. The Bertz CT molecular complexity index is 599. The standard InChI is InChI=1S/C16H19ClN2O/c1-11(18)15-7-6-14(9-16(15)20)19(2)10-12-4-3-5-13(17)8-12/h3-9,11,20H,10,18H2,1-2H3. The van der Waals surface area contributed by atoms with E-state index in [0.29, 0.717) is 0 Å². The zero-order valence-electron chi connectivity index (χ0n) is 11.7. The number of aromatic hydroxyl groups is 1. The highest BCUT2D eigenvalue weighted by atomic mass is 35.5. The van der Waals surface area contributed by atoms with Gasteiger partial charge in [-0.1, -0.05) is 29.8 Å². The second-order valence-corrected chi connectivity index (χ2v) is 5.45. The van der Waals surface area contributed by atoms with Crippen molar-refractivity contribution < 1.29 is 5.11 Å². The number of nitrogens with zero attached hydrogens (tertiary/aromatic N) is 1. The highest BCUT2D eigenvalue weighted by Crippen LogP contribution is 2.28. The van der Waals surface area contributed by atoms with Gasteiger partial charge in [0.15, 0.2) is 0 Å². The van der Waals surface area contributed by atoms with Gasteiger partial charge >= 0.3 is 0 Å². The van der Waals surface area contributed by atoms with Crippen LogP contribution in [0, 0.1) is 0 Å². The summed E-state index contributed by atoms with van der Waals surface area (Å²) < 4.78 is 0. The maximum absolute atomic E-state index is 9.99. The molecule has 4 heteroatoms. The van der Waals surface area contributed by atoms with Gasteiger partial charge < -0.3 is 15.7 Å². The van der Waals surface area contributed by atoms with Crippen LogP contribution in [-0.4, -0.2) is 12.2 Å². The van der Waals surface area contributed by atoms with Crippen molar-refractivity contribution in [3.8, 4) is 5.75 Å². The Balaban J connectivity index is 2.17. The summed E-state index contributed by atoms with van der Waals surface area (Å²) in [4.78, 5) is 2.05. The molecule has 0 aliphatic carbocycles. The van der Waals surface area contributed by atoms with E-state index in [4.69, 9.17) is 17.3 Å². The van der Waals surface area contributed by atoms with Crippen LogP contribution in [0.15, 0.2) is 42.5 Å². The minimum absolute atomic E-state index is 0.178. The van der Waals surface area contributed by atoms with E-state index in [1.807, 2.05) is 50.4 Å². The van der Waals surface area contributed by atoms with E-state index in [-0.39, 0.29) is 11.8 Å². The molecule has 0 saturated heterocycles. The molecule has 3 nitrogen and oxygen atoms in total. The molecular weight excluding hydrogens is 272 g/mol. The van der Waals surface area contributed by atoms with Crippen LogP contribution in [0.2, 0.25) is 5.02 Å². The maximum Gasteiger partial charge on any atom is 0.122 e. The predicted molar refractivity (Wildman–Crippen MR) is 84.3 cm³/mol. The van der Waals surface area contributed by atoms with E-state index in [1.165, 1.54) is 0 Å². The maximum atomic E-state index is 9.99. The van der Waals surface area contributed by atoms with Gasteiger partial charge in [-0.25, -0.2) is 0 Å². The number of nitrogens with two attached hydrogens (primary N) is 1. The van der Waals surface area contributed by atoms with Gasteiger partial charge in [-0.3, -0.25) is 0 Å². The van der Waals surface area contributed by atoms with Crippen LogP contribution in [0.25, 0.3) is 0 Å². The van der Waals surface area contributed by atoms with Gasteiger partial charge in [0.2, 0.25) is 0 Å².